The zero-order valence-corrected chi connectivity index (χ0v) is 18.9. The van der Waals surface area contributed by atoms with E-state index in [0.717, 1.165) is 32.2 Å². The molecule has 0 spiro atoms. The van der Waals surface area contributed by atoms with Gasteiger partial charge in [0.25, 0.3) is 0 Å². The SMILES string of the molecule is COC(=O)N1[C@H](CO[C@H]2CC[C@@]3(c4ncc(F)cn4)C[C@H]3C2)[C@@H](S(C)(=O)=O)C[C@H]1C(F)(F)F. The summed E-state index contributed by atoms with van der Waals surface area (Å²) in [6.07, 6.45) is -1.38. The molecule has 3 fully saturated rings. The number of nitrogens with zero attached hydrogens (tertiary/aromatic N) is 3. The minimum Gasteiger partial charge on any atom is -0.453 e. The average molecular weight is 495 g/mol. The van der Waals surface area contributed by atoms with E-state index in [1.165, 1.54) is 0 Å². The number of amides is 1. The number of carbonyl (C=O) groups excluding carboxylic acids is 1. The van der Waals surface area contributed by atoms with E-state index in [9.17, 15) is 30.8 Å². The first-order valence-corrected chi connectivity index (χ1v) is 12.5. The molecule has 1 amide bonds. The number of fused-ring (bicyclic) bond motifs is 1. The fourth-order valence-electron chi connectivity index (χ4n) is 5.40. The lowest BCUT2D eigenvalue weighted by Gasteiger charge is -2.33. The summed E-state index contributed by atoms with van der Waals surface area (Å²) < 4.78 is 88.9. The van der Waals surface area contributed by atoms with Crippen molar-refractivity contribution < 1.29 is 40.2 Å². The molecule has 13 heteroatoms. The highest BCUT2D eigenvalue weighted by Crippen LogP contribution is 2.61. The van der Waals surface area contributed by atoms with E-state index < -0.39 is 51.7 Å². The molecule has 3 aliphatic rings. The predicted octanol–water partition coefficient (Wildman–Crippen LogP) is 2.63. The molecule has 1 aromatic heterocycles. The van der Waals surface area contributed by atoms with Crippen molar-refractivity contribution in [2.24, 2.45) is 5.92 Å². The van der Waals surface area contributed by atoms with Crippen LogP contribution in [-0.4, -0.2) is 79.0 Å². The molecule has 0 N–H and O–H groups in total. The van der Waals surface area contributed by atoms with Crippen LogP contribution in [0.5, 0.6) is 0 Å². The van der Waals surface area contributed by atoms with Crippen LogP contribution in [0, 0.1) is 11.7 Å². The molecule has 33 heavy (non-hydrogen) atoms. The largest absolute Gasteiger partial charge is 0.453 e. The molecule has 0 radical (unpaired) electrons. The Balaban J connectivity index is 1.46. The second kappa shape index (κ2) is 8.33. The number of ether oxygens (including phenoxy) is 2. The topological polar surface area (TPSA) is 98.7 Å². The third-order valence-electron chi connectivity index (χ3n) is 7.15. The van der Waals surface area contributed by atoms with E-state index in [1.54, 1.807) is 0 Å². The number of halogens is 4. The minimum absolute atomic E-state index is 0.190. The molecule has 1 aliphatic heterocycles. The van der Waals surface area contributed by atoms with Crippen LogP contribution in [0.15, 0.2) is 12.4 Å². The van der Waals surface area contributed by atoms with Crippen LogP contribution in [-0.2, 0) is 24.7 Å². The summed E-state index contributed by atoms with van der Waals surface area (Å²) in [4.78, 5) is 20.9. The van der Waals surface area contributed by atoms with Crippen molar-refractivity contribution in [2.75, 3.05) is 20.0 Å². The fourth-order valence-corrected chi connectivity index (χ4v) is 6.71. The number of hydrogen-bond acceptors (Lipinski definition) is 7. The van der Waals surface area contributed by atoms with Gasteiger partial charge in [0.1, 0.15) is 11.9 Å². The maximum Gasteiger partial charge on any atom is 0.410 e. The second-order valence-corrected chi connectivity index (χ2v) is 11.4. The van der Waals surface area contributed by atoms with Crippen molar-refractivity contribution in [2.45, 2.75) is 67.1 Å². The number of hydrogen-bond donors (Lipinski definition) is 0. The van der Waals surface area contributed by atoms with E-state index in [-0.39, 0.29) is 24.0 Å². The van der Waals surface area contributed by atoms with Gasteiger partial charge in [-0.05, 0) is 38.0 Å². The summed E-state index contributed by atoms with van der Waals surface area (Å²) in [5, 5.41) is -1.42. The van der Waals surface area contributed by atoms with Gasteiger partial charge in [0, 0.05) is 11.7 Å². The zero-order valence-electron chi connectivity index (χ0n) is 18.1. The van der Waals surface area contributed by atoms with E-state index >= 15 is 0 Å². The Hall–Kier alpha value is -2.02. The fraction of sp³-hybridized carbons (Fsp3) is 0.750. The van der Waals surface area contributed by atoms with E-state index in [1.807, 2.05) is 0 Å². The van der Waals surface area contributed by atoms with Gasteiger partial charge in [0.2, 0.25) is 0 Å². The Morgan fingerprint density at radius 1 is 1.27 bits per heavy atom. The zero-order chi connectivity index (χ0) is 24.2. The van der Waals surface area contributed by atoms with Crippen LogP contribution in [0.1, 0.15) is 37.9 Å². The van der Waals surface area contributed by atoms with E-state index in [4.69, 9.17) is 4.74 Å². The molecule has 0 unspecified atom stereocenters. The Morgan fingerprint density at radius 3 is 2.48 bits per heavy atom. The van der Waals surface area contributed by atoms with Gasteiger partial charge in [-0.1, -0.05) is 0 Å². The quantitative estimate of drug-likeness (QED) is 0.579. The van der Waals surface area contributed by atoms with Gasteiger partial charge in [-0.2, -0.15) is 13.2 Å². The summed E-state index contributed by atoms with van der Waals surface area (Å²) >= 11 is 0. The van der Waals surface area contributed by atoms with Gasteiger partial charge < -0.3 is 9.47 Å². The number of carbonyl (C=O) groups is 1. The maximum atomic E-state index is 13.6. The number of alkyl halides is 3. The van der Waals surface area contributed by atoms with E-state index in [0.29, 0.717) is 30.0 Å². The number of aromatic nitrogens is 2. The Morgan fingerprint density at radius 2 is 1.94 bits per heavy atom. The third kappa shape index (κ3) is 4.53. The highest BCUT2D eigenvalue weighted by molar-refractivity contribution is 7.91. The summed E-state index contributed by atoms with van der Waals surface area (Å²) in [6, 6.07) is -3.58. The summed E-state index contributed by atoms with van der Waals surface area (Å²) in [5.74, 6) is 0.245. The normalized spacial score (nSPS) is 34.1. The van der Waals surface area contributed by atoms with Crippen LogP contribution in [0.25, 0.3) is 0 Å². The molecule has 2 saturated carbocycles. The van der Waals surface area contributed by atoms with Crippen LogP contribution in [0.3, 0.4) is 0 Å². The van der Waals surface area contributed by atoms with Crippen molar-refractivity contribution in [3.63, 3.8) is 0 Å². The van der Waals surface area contributed by atoms with Crippen molar-refractivity contribution in [1.29, 1.82) is 0 Å². The summed E-state index contributed by atoms with van der Waals surface area (Å²) in [6.45, 7) is -0.350. The van der Waals surface area contributed by atoms with Crippen molar-refractivity contribution in [3.05, 3.63) is 24.0 Å². The lowest BCUT2D eigenvalue weighted by Crippen LogP contribution is -2.51. The molecule has 1 aromatic rings. The molecule has 6 atom stereocenters. The third-order valence-corrected chi connectivity index (χ3v) is 8.76. The van der Waals surface area contributed by atoms with Gasteiger partial charge in [-0.3, -0.25) is 4.90 Å². The molecule has 1 saturated heterocycles. The Kier molecular flexibility index (Phi) is 6.09. The monoisotopic (exact) mass is 495 g/mol. The highest BCUT2D eigenvalue weighted by atomic mass is 32.2. The molecule has 0 bridgehead atoms. The Bertz CT molecular complexity index is 1010. The number of methoxy groups -OCH3 is 1. The van der Waals surface area contributed by atoms with Crippen LogP contribution < -0.4 is 0 Å². The smallest absolute Gasteiger partial charge is 0.410 e. The van der Waals surface area contributed by atoms with Crippen molar-refractivity contribution in [3.8, 4) is 0 Å². The van der Waals surface area contributed by atoms with Crippen LogP contribution in [0.2, 0.25) is 0 Å². The molecule has 4 rings (SSSR count). The first kappa shape index (κ1) is 24.1. The van der Waals surface area contributed by atoms with Crippen molar-refractivity contribution in [1.82, 2.24) is 14.9 Å². The second-order valence-electron chi connectivity index (χ2n) is 9.12. The van der Waals surface area contributed by atoms with Crippen LogP contribution >= 0.6 is 0 Å². The molecule has 184 valence electrons. The standard InChI is InChI=1S/C20H25F4N3O5S/c1-31-18(28)27-14(15(33(2,29)30)6-16(27)20(22,23)24)10-32-13-3-4-19(7-11(19)5-13)17-25-8-12(21)9-26-17/h8-9,11,13-16H,3-7,10H2,1-2H3/t11-,13+,14-,15+,16+,19-/m1/s1. The molecule has 2 heterocycles. The minimum atomic E-state index is -4.81. The van der Waals surface area contributed by atoms with Gasteiger partial charge in [-0.15, -0.1) is 0 Å². The van der Waals surface area contributed by atoms with Gasteiger partial charge in [0.15, 0.2) is 15.7 Å². The van der Waals surface area contributed by atoms with Gasteiger partial charge in [-0.25, -0.2) is 27.6 Å². The average Bonchev–Trinajstić information content (AvgIpc) is 3.32. The van der Waals surface area contributed by atoms with Crippen LogP contribution in [0.4, 0.5) is 22.4 Å². The highest BCUT2D eigenvalue weighted by Gasteiger charge is 2.61. The maximum absolute atomic E-state index is 13.6. The number of likely N-dealkylation sites (tertiary alicyclic amines) is 1. The van der Waals surface area contributed by atoms with E-state index in [2.05, 4.69) is 14.7 Å². The van der Waals surface area contributed by atoms with Crippen molar-refractivity contribution >= 4 is 15.9 Å². The van der Waals surface area contributed by atoms with Gasteiger partial charge >= 0.3 is 12.3 Å². The lowest BCUT2D eigenvalue weighted by atomic mass is 9.86. The van der Waals surface area contributed by atoms with Gasteiger partial charge in [0.05, 0.1) is 43.5 Å². The first-order valence-electron chi connectivity index (χ1n) is 10.6. The Labute approximate surface area is 188 Å². The molecule has 0 aromatic carbocycles. The number of rotatable bonds is 5. The molecule has 2 aliphatic carbocycles. The predicted molar refractivity (Wildman–Crippen MR) is 106 cm³/mol. The molecule has 8 nitrogen and oxygen atoms in total. The number of sulfone groups is 1. The first-order chi connectivity index (χ1) is 15.4. The summed E-state index contributed by atoms with van der Waals surface area (Å²) in [5.41, 5.74) is -0.240. The molecular weight excluding hydrogens is 470 g/mol. The summed E-state index contributed by atoms with van der Waals surface area (Å²) in [7, 11) is -2.95. The molecular formula is C20H25F4N3O5S. The lowest BCUT2D eigenvalue weighted by molar-refractivity contribution is -0.175.